The molecule has 188 valence electrons. The van der Waals surface area contributed by atoms with Crippen molar-refractivity contribution in [2.75, 3.05) is 0 Å². The quantitative estimate of drug-likeness (QED) is 0.184. The van der Waals surface area contributed by atoms with E-state index in [0.717, 1.165) is 6.07 Å². The third-order valence-corrected chi connectivity index (χ3v) is 6.26. The van der Waals surface area contributed by atoms with Gasteiger partial charge in [-0.25, -0.2) is 5.43 Å². The second-order valence-electron chi connectivity index (χ2n) is 7.80. The van der Waals surface area contributed by atoms with Crippen LogP contribution in [0.4, 0.5) is 5.69 Å². The number of hydrogen-bond acceptors (Lipinski definition) is 6. The Balaban J connectivity index is 1.68. The monoisotopic (exact) mass is 570 g/mol. The molecule has 1 unspecified atom stereocenters. The van der Waals surface area contributed by atoms with Crippen LogP contribution < -0.4 is 10.7 Å². The SMILES string of the molecule is CC(C)C(NC(=O)c1ccc(Cl)c(Cl)c1)C(=O)N/N=C\c1ccc(-c2cc(Cl)c([N+](=O)[O-])cc2Cl)o1. The molecular formula is C23H18Cl4N4O5. The molecule has 0 aliphatic carbocycles. The Morgan fingerprint density at radius 3 is 2.36 bits per heavy atom. The number of amides is 2. The molecule has 3 aromatic rings. The van der Waals surface area contributed by atoms with E-state index in [1.165, 1.54) is 30.5 Å². The molecule has 0 aliphatic heterocycles. The van der Waals surface area contributed by atoms with Crippen LogP contribution >= 0.6 is 46.4 Å². The maximum atomic E-state index is 12.7. The van der Waals surface area contributed by atoms with E-state index in [1.54, 1.807) is 26.0 Å². The maximum absolute atomic E-state index is 12.7. The fourth-order valence-corrected chi connectivity index (χ4v) is 3.84. The molecular weight excluding hydrogens is 554 g/mol. The molecule has 9 nitrogen and oxygen atoms in total. The molecule has 36 heavy (non-hydrogen) atoms. The van der Waals surface area contributed by atoms with Gasteiger partial charge in [-0.05, 0) is 42.3 Å². The predicted octanol–water partition coefficient (Wildman–Crippen LogP) is 6.37. The summed E-state index contributed by atoms with van der Waals surface area (Å²) in [6.45, 7) is 3.53. The number of benzene rings is 2. The van der Waals surface area contributed by atoms with Crippen molar-refractivity contribution in [2.45, 2.75) is 19.9 Å². The van der Waals surface area contributed by atoms with Crippen molar-refractivity contribution in [3.8, 4) is 11.3 Å². The third-order valence-electron chi connectivity index (χ3n) is 4.91. The summed E-state index contributed by atoms with van der Waals surface area (Å²) in [4.78, 5) is 35.6. The number of furan rings is 1. The van der Waals surface area contributed by atoms with Crippen molar-refractivity contribution < 1.29 is 18.9 Å². The van der Waals surface area contributed by atoms with Crippen LogP contribution in [-0.4, -0.2) is 29.0 Å². The number of hydrazone groups is 1. The Morgan fingerprint density at radius 2 is 1.72 bits per heavy atom. The number of halogens is 4. The van der Waals surface area contributed by atoms with E-state index in [2.05, 4.69) is 15.8 Å². The molecule has 1 atom stereocenters. The number of nitro benzene ring substituents is 1. The first-order valence-electron chi connectivity index (χ1n) is 10.3. The molecule has 0 fully saturated rings. The van der Waals surface area contributed by atoms with Crippen molar-refractivity contribution >= 4 is 70.1 Å². The van der Waals surface area contributed by atoms with Crippen LogP contribution in [0.2, 0.25) is 20.1 Å². The fraction of sp³-hybridized carbons (Fsp3) is 0.174. The lowest BCUT2D eigenvalue weighted by Crippen LogP contribution is -2.48. The summed E-state index contributed by atoms with van der Waals surface area (Å²) in [5.41, 5.74) is 2.64. The van der Waals surface area contributed by atoms with E-state index in [-0.39, 0.29) is 38.0 Å². The van der Waals surface area contributed by atoms with E-state index in [1.807, 2.05) is 0 Å². The number of carbonyl (C=O) groups excluding carboxylic acids is 2. The molecule has 0 saturated carbocycles. The summed E-state index contributed by atoms with van der Waals surface area (Å²) < 4.78 is 5.63. The highest BCUT2D eigenvalue weighted by Crippen LogP contribution is 2.37. The van der Waals surface area contributed by atoms with Gasteiger partial charge >= 0.3 is 0 Å². The Kier molecular flexibility index (Phi) is 8.97. The Hall–Kier alpha value is -3.11. The first-order valence-corrected chi connectivity index (χ1v) is 11.8. The van der Waals surface area contributed by atoms with Gasteiger partial charge in [-0.2, -0.15) is 5.10 Å². The number of nitro groups is 1. The average Bonchev–Trinajstić information content (AvgIpc) is 3.28. The number of rotatable bonds is 8. The summed E-state index contributed by atoms with van der Waals surface area (Å²) in [5.74, 6) is -0.751. The van der Waals surface area contributed by atoms with Crippen molar-refractivity contribution in [1.82, 2.24) is 10.7 Å². The highest BCUT2D eigenvalue weighted by molar-refractivity contribution is 6.42. The van der Waals surface area contributed by atoms with Crippen LogP contribution in [0.25, 0.3) is 11.3 Å². The smallest absolute Gasteiger partial charge is 0.289 e. The Labute approximate surface area is 225 Å². The molecule has 0 saturated heterocycles. The summed E-state index contributed by atoms with van der Waals surface area (Å²) in [6, 6.07) is 9.09. The zero-order chi connectivity index (χ0) is 26.6. The first kappa shape index (κ1) is 27.5. The lowest BCUT2D eigenvalue weighted by atomic mass is 10.0. The molecule has 1 aromatic heterocycles. The largest absolute Gasteiger partial charge is 0.455 e. The Bertz CT molecular complexity index is 1360. The zero-order valence-electron chi connectivity index (χ0n) is 18.7. The van der Waals surface area contributed by atoms with Gasteiger partial charge in [-0.1, -0.05) is 60.3 Å². The maximum Gasteiger partial charge on any atom is 0.289 e. The summed E-state index contributed by atoms with van der Waals surface area (Å²) in [6.07, 6.45) is 1.25. The standard InChI is InChI=1S/C23H18Cl4N4O5/c1-11(2)21(29-22(32)12-3-5-15(24)17(26)7-12)23(33)30-28-10-13-4-6-20(36-13)14-8-18(27)19(31(34)35)9-16(14)25/h3-11,21H,1-2H3,(H,29,32)(H,30,33)/b28-10-. The summed E-state index contributed by atoms with van der Waals surface area (Å²) in [5, 5.41) is 18.0. The fourth-order valence-electron chi connectivity index (χ4n) is 3.06. The van der Waals surface area contributed by atoms with Crippen LogP contribution in [0.15, 0.2) is 52.0 Å². The lowest BCUT2D eigenvalue weighted by Gasteiger charge is -2.20. The lowest BCUT2D eigenvalue weighted by molar-refractivity contribution is -0.384. The van der Waals surface area contributed by atoms with Crippen molar-refractivity contribution in [3.05, 3.63) is 84.0 Å². The van der Waals surface area contributed by atoms with Crippen LogP contribution in [0, 0.1) is 16.0 Å². The van der Waals surface area contributed by atoms with Crippen LogP contribution in [0.3, 0.4) is 0 Å². The van der Waals surface area contributed by atoms with Gasteiger partial charge in [0.05, 0.1) is 26.2 Å². The molecule has 1 heterocycles. The molecule has 2 N–H and O–H groups in total. The minimum absolute atomic E-state index is 0.0785. The molecule has 2 aromatic carbocycles. The third kappa shape index (κ3) is 6.55. The van der Waals surface area contributed by atoms with Gasteiger partial charge in [-0.15, -0.1) is 0 Å². The molecule has 0 bridgehead atoms. The molecule has 3 rings (SSSR count). The van der Waals surface area contributed by atoms with Crippen LogP contribution in [0.5, 0.6) is 0 Å². The molecule has 0 radical (unpaired) electrons. The van der Waals surface area contributed by atoms with E-state index in [0.29, 0.717) is 16.3 Å². The van der Waals surface area contributed by atoms with Gasteiger partial charge in [0.15, 0.2) is 0 Å². The number of carbonyl (C=O) groups is 2. The number of nitrogens with one attached hydrogen (secondary N) is 2. The van der Waals surface area contributed by atoms with Crippen LogP contribution in [0.1, 0.15) is 30.0 Å². The van der Waals surface area contributed by atoms with Crippen molar-refractivity contribution in [3.63, 3.8) is 0 Å². The second kappa shape index (κ2) is 11.7. The Morgan fingerprint density at radius 1 is 1.00 bits per heavy atom. The zero-order valence-corrected chi connectivity index (χ0v) is 21.7. The normalized spacial score (nSPS) is 12.1. The second-order valence-corrected chi connectivity index (χ2v) is 9.43. The van der Waals surface area contributed by atoms with Crippen LogP contribution in [-0.2, 0) is 4.79 Å². The summed E-state index contributed by atoms with van der Waals surface area (Å²) in [7, 11) is 0. The van der Waals surface area contributed by atoms with E-state index in [9.17, 15) is 19.7 Å². The molecule has 2 amide bonds. The van der Waals surface area contributed by atoms with Gasteiger partial charge in [0.1, 0.15) is 22.6 Å². The van der Waals surface area contributed by atoms with Gasteiger partial charge < -0.3 is 9.73 Å². The van der Waals surface area contributed by atoms with Crippen molar-refractivity contribution in [1.29, 1.82) is 0 Å². The predicted molar refractivity (Wildman–Crippen MR) is 139 cm³/mol. The topological polar surface area (TPSA) is 127 Å². The molecule has 13 heteroatoms. The molecule has 0 aliphatic rings. The summed E-state index contributed by atoms with van der Waals surface area (Å²) >= 11 is 23.9. The van der Waals surface area contributed by atoms with Gasteiger partial charge in [0, 0.05) is 17.2 Å². The average molecular weight is 572 g/mol. The van der Waals surface area contributed by atoms with E-state index in [4.69, 9.17) is 50.8 Å². The number of nitrogens with zero attached hydrogens (tertiary/aromatic N) is 2. The minimum Gasteiger partial charge on any atom is -0.455 e. The highest BCUT2D eigenvalue weighted by Gasteiger charge is 2.25. The van der Waals surface area contributed by atoms with E-state index >= 15 is 0 Å². The first-order chi connectivity index (χ1) is 17.0. The van der Waals surface area contributed by atoms with Crippen molar-refractivity contribution in [2.24, 2.45) is 11.0 Å². The number of hydrogen-bond donors (Lipinski definition) is 2. The van der Waals surface area contributed by atoms with E-state index < -0.39 is 22.8 Å². The van der Waals surface area contributed by atoms with Gasteiger partial charge in [-0.3, -0.25) is 19.7 Å². The highest BCUT2D eigenvalue weighted by atomic mass is 35.5. The van der Waals surface area contributed by atoms with Gasteiger partial charge in [0.25, 0.3) is 17.5 Å². The molecule has 0 spiro atoms. The minimum atomic E-state index is -0.891. The van der Waals surface area contributed by atoms with Gasteiger partial charge in [0.2, 0.25) is 0 Å².